The largest absolute Gasteiger partial charge is 0.504 e. The van der Waals surface area contributed by atoms with Crippen LogP contribution in [0.15, 0.2) is 40.0 Å². The van der Waals surface area contributed by atoms with Crippen molar-refractivity contribution in [2.75, 3.05) is 18.0 Å². The minimum Gasteiger partial charge on any atom is -0.504 e. The van der Waals surface area contributed by atoms with Gasteiger partial charge in [0.15, 0.2) is 22.3 Å². The number of oxime groups is 1. The number of rotatable bonds is 10. The van der Waals surface area contributed by atoms with Crippen molar-refractivity contribution in [1.82, 2.24) is 20.5 Å². The second kappa shape index (κ2) is 11.6. The van der Waals surface area contributed by atoms with Crippen molar-refractivity contribution in [1.29, 1.82) is 0 Å². The van der Waals surface area contributed by atoms with Crippen LogP contribution in [0.2, 0.25) is 0 Å². The van der Waals surface area contributed by atoms with Crippen LogP contribution in [0, 0.1) is 0 Å². The van der Waals surface area contributed by atoms with E-state index in [0.717, 1.165) is 40.1 Å². The molecule has 2 aromatic rings. The summed E-state index contributed by atoms with van der Waals surface area (Å²) in [5, 5.41) is 47.6. The summed E-state index contributed by atoms with van der Waals surface area (Å²) in [6, 6.07) is 2.26. The van der Waals surface area contributed by atoms with Gasteiger partial charge in [-0.05, 0) is 37.6 Å². The van der Waals surface area contributed by atoms with Gasteiger partial charge in [-0.2, -0.15) is 0 Å². The molecule has 0 aliphatic carbocycles. The molecule has 222 valence electrons. The maximum absolute atomic E-state index is 13.2. The van der Waals surface area contributed by atoms with Crippen LogP contribution in [0.4, 0.5) is 5.13 Å². The number of benzene rings is 1. The van der Waals surface area contributed by atoms with Gasteiger partial charge in [0.25, 0.3) is 17.7 Å². The van der Waals surface area contributed by atoms with Gasteiger partial charge in [-0.25, -0.2) is 14.6 Å². The fourth-order valence-corrected chi connectivity index (χ4v) is 5.68. The van der Waals surface area contributed by atoms with Crippen molar-refractivity contribution in [3.63, 3.8) is 0 Å². The summed E-state index contributed by atoms with van der Waals surface area (Å²) in [5.41, 5.74) is 3.27. The number of phenolic OH excluding ortho intramolecular Hbond substituents is 2. The predicted molar refractivity (Wildman–Crippen MR) is 148 cm³/mol. The third kappa shape index (κ3) is 5.93. The number of carbonyl (C=O) groups excluding carboxylic acids is 3. The zero-order chi connectivity index (χ0) is 30.9. The van der Waals surface area contributed by atoms with Gasteiger partial charge in [-0.15, -0.1) is 23.1 Å². The van der Waals surface area contributed by atoms with Crippen molar-refractivity contribution < 1.29 is 49.2 Å². The molecule has 0 saturated carbocycles. The molecule has 1 saturated heterocycles. The zero-order valence-electron chi connectivity index (χ0n) is 21.9. The van der Waals surface area contributed by atoms with E-state index in [1.807, 2.05) is 0 Å². The molecule has 1 aromatic carbocycles. The lowest BCUT2D eigenvalue weighted by Crippen LogP contribution is -2.71. The van der Waals surface area contributed by atoms with Gasteiger partial charge in [0, 0.05) is 23.2 Å². The van der Waals surface area contributed by atoms with E-state index in [1.54, 1.807) is 0 Å². The molecule has 0 radical (unpaired) electrons. The number of nitrogens with two attached hydrogens (primary N) is 1. The number of aromatic hydroxyl groups is 2. The molecule has 18 heteroatoms. The maximum atomic E-state index is 13.2. The lowest BCUT2D eigenvalue weighted by molar-refractivity contribution is -0.161. The topological polar surface area (TPSA) is 254 Å². The van der Waals surface area contributed by atoms with Crippen LogP contribution in [0.1, 0.15) is 29.9 Å². The van der Waals surface area contributed by atoms with E-state index in [0.29, 0.717) is 0 Å². The van der Waals surface area contributed by atoms with Gasteiger partial charge in [-0.1, -0.05) is 5.16 Å². The fourth-order valence-electron chi connectivity index (χ4n) is 3.78. The number of nitrogen functional groups attached to an aromatic ring is 1. The summed E-state index contributed by atoms with van der Waals surface area (Å²) in [6.45, 7) is 2.19. The van der Waals surface area contributed by atoms with E-state index in [1.165, 1.54) is 25.3 Å². The highest BCUT2D eigenvalue weighted by Crippen LogP contribution is 2.40. The second-order valence-corrected chi connectivity index (χ2v) is 11.4. The van der Waals surface area contributed by atoms with E-state index in [4.69, 9.17) is 10.6 Å². The third-order valence-corrected chi connectivity index (χ3v) is 8.11. The first-order valence-electron chi connectivity index (χ1n) is 11.9. The van der Waals surface area contributed by atoms with Gasteiger partial charge < -0.3 is 41.6 Å². The van der Waals surface area contributed by atoms with Gasteiger partial charge >= 0.3 is 11.9 Å². The van der Waals surface area contributed by atoms with Crippen LogP contribution in [0.25, 0.3) is 0 Å². The van der Waals surface area contributed by atoms with Crippen molar-refractivity contribution in [3.05, 3.63) is 46.1 Å². The number of aliphatic carboxylic acids is 2. The molecule has 1 aromatic heterocycles. The number of β-lactam (4-membered cyclic amide) rings is 1. The molecule has 2 aliphatic rings. The molecule has 1 unspecified atom stereocenters. The summed E-state index contributed by atoms with van der Waals surface area (Å²) < 4.78 is 0. The van der Waals surface area contributed by atoms with E-state index < -0.39 is 63.9 Å². The Morgan fingerprint density at radius 3 is 2.52 bits per heavy atom. The number of phenols is 2. The number of thiazole rings is 1. The molecular weight excluding hydrogens is 596 g/mol. The first kappa shape index (κ1) is 30.1. The van der Waals surface area contributed by atoms with Gasteiger partial charge in [0.1, 0.15) is 22.8 Å². The van der Waals surface area contributed by atoms with Crippen molar-refractivity contribution in [2.45, 2.75) is 30.9 Å². The average molecular weight is 621 g/mol. The van der Waals surface area contributed by atoms with E-state index in [-0.39, 0.29) is 40.0 Å². The molecule has 3 heterocycles. The number of carbonyl (C=O) groups is 5. The highest BCUT2D eigenvalue weighted by molar-refractivity contribution is 8.00. The number of thioether (sulfide) groups is 1. The van der Waals surface area contributed by atoms with Crippen molar-refractivity contribution >= 4 is 63.6 Å². The number of hydrogen-bond acceptors (Lipinski definition) is 13. The summed E-state index contributed by atoms with van der Waals surface area (Å²) in [4.78, 5) is 72.3. The third-order valence-electron chi connectivity index (χ3n) is 6.10. The van der Waals surface area contributed by atoms with Gasteiger partial charge in [-0.3, -0.25) is 19.3 Å². The highest BCUT2D eigenvalue weighted by Gasteiger charge is 2.54. The van der Waals surface area contributed by atoms with Crippen LogP contribution in [0.5, 0.6) is 11.5 Å². The molecule has 0 bridgehead atoms. The molecule has 2 aliphatic heterocycles. The SMILES string of the molecule is CC(C)(O/N=C(\C(=O)N[C@@H]1C(=O)N2C(C(=O)O)=C(CNC(=O)c3ccc(O)c(O)c3)CSC12)c1csc(N)n1)C(=O)O. The number of carboxylic acid groups (broad SMARTS) is 2. The fraction of sp³-hybridized carbons (Fsp3) is 0.292. The van der Waals surface area contributed by atoms with Crippen molar-refractivity contribution in [3.8, 4) is 11.5 Å². The summed E-state index contributed by atoms with van der Waals surface area (Å²) >= 11 is 2.13. The quantitative estimate of drug-likeness (QED) is 0.0793. The molecule has 3 amide bonds. The number of nitrogens with zero attached hydrogens (tertiary/aromatic N) is 3. The first-order valence-corrected chi connectivity index (χ1v) is 13.9. The number of carboxylic acids is 2. The zero-order valence-corrected chi connectivity index (χ0v) is 23.5. The Balaban J connectivity index is 1.50. The molecule has 2 atom stereocenters. The number of aromatic nitrogens is 1. The smallest absolute Gasteiger partial charge is 0.352 e. The lowest BCUT2D eigenvalue weighted by Gasteiger charge is -2.49. The Bertz CT molecular complexity index is 1550. The maximum Gasteiger partial charge on any atom is 0.352 e. The average Bonchev–Trinajstić information content (AvgIpc) is 3.36. The number of nitrogens with one attached hydrogen (secondary N) is 2. The van der Waals surface area contributed by atoms with Crippen LogP contribution in [0.3, 0.4) is 0 Å². The Labute approximate surface area is 244 Å². The highest BCUT2D eigenvalue weighted by atomic mass is 32.2. The molecular formula is C24H24N6O10S2. The van der Waals surface area contributed by atoms with Gasteiger partial charge in [0.05, 0.1) is 0 Å². The predicted octanol–water partition coefficient (Wildman–Crippen LogP) is -0.111. The Morgan fingerprint density at radius 2 is 1.93 bits per heavy atom. The number of amides is 3. The number of hydrogen-bond donors (Lipinski definition) is 7. The lowest BCUT2D eigenvalue weighted by atomic mass is 10.0. The van der Waals surface area contributed by atoms with Crippen LogP contribution in [-0.4, -0.2) is 95.0 Å². The Morgan fingerprint density at radius 1 is 1.21 bits per heavy atom. The molecule has 8 N–H and O–H groups in total. The minimum atomic E-state index is -1.80. The Kier molecular flexibility index (Phi) is 8.30. The van der Waals surface area contributed by atoms with E-state index >= 15 is 0 Å². The van der Waals surface area contributed by atoms with Gasteiger partial charge in [0.2, 0.25) is 5.60 Å². The second-order valence-electron chi connectivity index (χ2n) is 9.42. The molecule has 4 rings (SSSR count). The summed E-state index contributed by atoms with van der Waals surface area (Å²) in [6.07, 6.45) is 0. The van der Waals surface area contributed by atoms with E-state index in [9.17, 15) is 44.4 Å². The van der Waals surface area contributed by atoms with Crippen LogP contribution in [-0.2, 0) is 24.0 Å². The number of anilines is 1. The summed E-state index contributed by atoms with van der Waals surface area (Å²) in [7, 11) is 0. The molecule has 16 nitrogen and oxygen atoms in total. The number of fused-ring (bicyclic) bond motifs is 1. The Hall–Kier alpha value is -4.84. The molecule has 0 spiro atoms. The summed E-state index contributed by atoms with van der Waals surface area (Å²) in [5.74, 6) is -5.94. The first-order chi connectivity index (χ1) is 19.7. The molecule has 42 heavy (non-hydrogen) atoms. The van der Waals surface area contributed by atoms with E-state index in [2.05, 4.69) is 20.8 Å². The normalized spacial score (nSPS) is 18.6. The van der Waals surface area contributed by atoms with Crippen LogP contribution < -0.4 is 16.4 Å². The monoisotopic (exact) mass is 620 g/mol. The van der Waals surface area contributed by atoms with Crippen LogP contribution >= 0.6 is 23.1 Å². The standard InChI is InChI=1S/C24H24N6O10S2/c1-24(2,22(38)39)40-29-14(11-8-42-23(25)27-11)18(34)28-15-19(35)30-16(21(36)37)10(7-41-20(15)30)6-26-17(33)9-3-4-12(31)13(32)5-9/h3-5,8,15,20,31-32H,6-7H2,1-2H3,(H2,25,27)(H,26,33)(H,28,34)(H,36,37)(H,38,39)/b29-14-/t15-,20?/m1/s1. The van der Waals surface area contributed by atoms with Crippen molar-refractivity contribution in [2.24, 2.45) is 5.16 Å². The minimum absolute atomic E-state index is 0.0157. The molecule has 1 fully saturated rings.